The summed E-state index contributed by atoms with van der Waals surface area (Å²) in [5.41, 5.74) is -1.00. The van der Waals surface area contributed by atoms with Crippen LogP contribution in [0.4, 0.5) is 36.5 Å². The minimum absolute atomic E-state index is 0.109. The summed E-state index contributed by atoms with van der Waals surface area (Å²) in [5, 5.41) is 26.7. The van der Waals surface area contributed by atoms with Gasteiger partial charge < -0.3 is 44.9 Å². The zero-order chi connectivity index (χ0) is 45.5. The van der Waals surface area contributed by atoms with E-state index in [4.69, 9.17) is 14.2 Å². The highest BCUT2D eigenvalue weighted by Gasteiger charge is 2.44. The molecule has 4 fully saturated rings. The highest BCUT2D eigenvalue weighted by atomic mass is 16.6. The second-order valence-corrected chi connectivity index (χ2v) is 17.4. The van der Waals surface area contributed by atoms with Gasteiger partial charge in [0.15, 0.2) is 11.6 Å². The first-order valence-corrected chi connectivity index (χ1v) is 20.1. The van der Waals surface area contributed by atoms with E-state index in [-0.39, 0.29) is 64.7 Å². The predicted octanol–water partition coefficient (Wildman–Crippen LogP) is 4.48. The van der Waals surface area contributed by atoms with Crippen molar-refractivity contribution in [2.24, 2.45) is 23.7 Å². The third-order valence-electron chi connectivity index (χ3n) is 9.87. The molecule has 4 atom stereocenters. The SMILES string of the molecule is CC(=O)Nc1ccn(C(=O)N2CC3CN(C(=O)OC(C)(C)C)CC3C2)n1.CC(=O)Nc1ccn(C(=O)Oc2ccc([N+](=O)[O-])cc2)n1.CC(C)(C)OC(=O)N1CC2CNCC2C1. The van der Waals surface area contributed by atoms with E-state index in [0.717, 1.165) is 30.9 Å². The fourth-order valence-corrected chi connectivity index (χ4v) is 7.23. The molecule has 7 rings (SSSR count). The van der Waals surface area contributed by atoms with Gasteiger partial charge in [-0.3, -0.25) is 19.7 Å². The molecule has 4 aliphatic heterocycles. The molecule has 3 aromatic rings. The van der Waals surface area contributed by atoms with E-state index >= 15 is 0 Å². The summed E-state index contributed by atoms with van der Waals surface area (Å²) in [6.45, 7) is 20.1. The van der Waals surface area contributed by atoms with Gasteiger partial charge >= 0.3 is 24.3 Å². The maximum atomic E-state index is 12.6. The van der Waals surface area contributed by atoms with Gasteiger partial charge in [0.2, 0.25) is 11.8 Å². The average molecular weight is 866 g/mol. The Balaban J connectivity index is 0.000000182. The van der Waals surface area contributed by atoms with Crippen molar-refractivity contribution in [2.75, 3.05) is 63.0 Å². The predicted molar refractivity (Wildman–Crippen MR) is 222 cm³/mol. The van der Waals surface area contributed by atoms with Crippen LogP contribution in [0.5, 0.6) is 5.75 Å². The van der Waals surface area contributed by atoms with Gasteiger partial charge in [-0.25, -0.2) is 19.2 Å². The summed E-state index contributed by atoms with van der Waals surface area (Å²) in [6.07, 6.45) is 1.60. The number of nitro groups is 1. The lowest BCUT2D eigenvalue weighted by atomic mass is 10.0. The molecule has 1 aromatic carbocycles. The summed E-state index contributed by atoms with van der Waals surface area (Å²) in [5.74, 6) is 1.92. The van der Waals surface area contributed by atoms with Crippen LogP contribution in [0, 0.1) is 33.8 Å². The van der Waals surface area contributed by atoms with Gasteiger partial charge in [-0.2, -0.15) is 9.36 Å². The van der Waals surface area contributed by atoms with E-state index in [9.17, 15) is 38.9 Å². The average Bonchev–Trinajstić information content (AvgIpc) is 4.00. The fourth-order valence-electron chi connectivity index (χ4n) is 7.23. The molecule has 22 heteroatoms. The highest BCUT2D eigenvalue weighted by Crippen LogP contribution is 2.32. The Morgan fingerprint density at radius 3 is 1.50 bits per heavy atom. The van der Waals surface area contributed by atoms with E-state index in [1.54, 1.807) is 15.9 Å². The molecule has 22 nitrogen and oxygen atoms in total. The molecule has 336 valence electrons. The zero-order valence-corrected chi connectivity index (χ0v) is 36.2. The van der Waals surface area contributed by atoms with E-state index in [1.165, 1.54) is 61.3 Å². The van der Waals surface area contributed by atoms with Gasteiger partial charge in [0.25, 0.3) is 5.69 Å². The Hall–Kier alpha value is -6.58. The summed E-state index contributed by atoms with van der Waals surface area (Å²) < 4.78 is 17.9. The molecule has 62 heavy (non-hydrogen) atoms. The zero-order valence-electron chi connectivity index (χ0n) is 36.2. The smallest absolute Gasteiger partial charge is 0.440 e. The van der Waals surface area contributed by atoms with E-state index < -0.39 is 16.6 Å². The maximum Gasteiger partial charge on any atom is 0.440 e. The Morgan fingerprint density at radius 2 is 1.06 bits per heavy atom. The van der Waals surface area contributed by atoms with Crippen LogP contribution in [0.2, 0.25) is 0 Å². The van der Waals surface area contributed by atoms with E-state index in [0.29, 0.717) is 43.8 Å². The number of nitrogens with one attached hydrogen (secondary N) is 3. The number of likely N-dealkylation sites (tertiary alicyclic amines) is 3. The summed E-state index contributed by atoms with van der Waals surface area (Å²) in [6, 6.07) is 7.82. The van der Waals surface area contributed by atoms with Gasteiger partial charge in [-0.1, -0.05) is 0 Å². The van der Waals surface area contributed by atoms with Crippen LogP contribution in [0.1, 0.15) is 55.4 Å². The molecular weight excluding hydrogens is 811 g/mol. The molecule has 4 unspecified atom stereocenters. The summed E-state index contributed by atoms with van der Waals surface area (Å²) in [7, 11) is 0. The molecule has 0 saturated carbocycles. The Bertz CT molecular complexity index is 2100. The number of nitrogens with zero attached hydrogens (tertiary/aromatic N) is 8. The first kappa shape index (κ1) is 46.5. The lowest BCUT2D eigenvalue weighted by Crippen LogP contribution is -2.39. The number of ether oxygens (including phenoxy) is 3. The van der Waals surface area contributed by atoms with Crippen molar-refractivity contribution >= 4 is 53.4 Å². The van der Waals surface area contributed by atoms with Gasteiger partial charge in [-0.05, 0) is 65.5 Å². The number of amides is 5. The number of hydrogen-bond acceptors (Lipinski definition) is 14. The molecule has 6 heterocycles. The standard InChI is InChI=1S/C17H25N5O4.C12H10N4O5.C11H20N2O2/c1-11(23)18-14-5-6-22(19-14)15(24)20-7-12-9-21(10-13(12)8-20)16(25)26-17(2,3)4;1-8(17)13-11-6-7-15(14-11)12(18)21-10-4-2-9(3-5-10)16(19)20;1-11(2,3)15-10(14)13-6-8-4-12-5-9(8)7-13/h5-6,12-13H,7-10H2,1-4H3,(H,18,19,23);2-7H,1H3,(H,13,14,17);8-9,12H,4-7H2,1-3H3. The van der Waals surface area contributed by atoms with Crippen LogP contribution in [0.3, 0.4) is 0 Å². The van der Waals surface area contributed by atoms with E-state index in [2.05, 4.69) is 26.1 Å². The van der Waals surface area contributed by atoms with Gasteiger partial charge in [0, 0.05) is 115 Å². The van der Waals surface area contributed by atoms with Crippen molar-refractivity contribution in [1.29, 1.82) is 0 Å². The molecule has 2 aromatic heterocycles. The minimum atomic E-state index is -0.805. The Kier molecular flexibility index (Phi) is 14.6. The highest BCUT2D eigenvalue weighted by molar-refractivity contribution is 5.88. The first-order valence-electron chi connectivity index (χ1n) is 20.1. The molecule has 0 aliphatic carbocycles. The molecule has 0 bridgehead atoms. The summed E-state index contributed by atoms with van der Waals surface area (Å²) in [4.78, 5) is 85.5. The number of anilines is 2. The van der Waals surface area contributed by atoms with Crippen molar-refractivity contribution in [3.63, 3.8) is 0 Å². The molecule has 0 radical (unpaired) electrons. The Labute approximate surface area is 358 Å². The number of benzene rings is 1. The topological polar surface area (TPSA) is 255 Å². The number of aromatic nitrogens is 4. The maximum absolute atomic E-state index is 12.6. The van der Waals surface area contributed by atoms with Crippen LogP contribution < -0.4 is 20.7 Å². The largest absolute Gasteiger partial charge is 0.444 e. The minimum Gasteiger partial charge on any atom is -0.444 e. The second kappa shape index (κ2) is 19.4. The van der Waals surface area contributed by atoms with Gasteiger partial charge in [0.1, 0.15) is 17.0 Å². The number of carbonyl (C=O) groups excluding carboxylic acids is 6. The third-order valence-corrected chi connectivity index (χ3v) is 9.87. The van der Waals surface area contributed by atoms with Crippen LogP contribution in [-0.4, -0.2) is 139 Å². The van der Waals surface area contributed by atoms with Crippen LogP contribution in [0.25, 0.3) is 0 Å². The second-order valence-electron chi connectivity index (χ2n) is 17.4. The lowest BCUT2D eigenvalue weighted by Gasteiger charge is -2.26. The molecule has 3 N–H and O–H groups in total. The number of non-ortho nitro benzene ring substituents is 1. The van der Waals surface area contributed by atoms with Crippen molar-refractivity contribution < 1.29 is 47.9 Å². The number of carbonyl (C=O) groups is 6. The van der Waals surface area contributed by atoms with E-state index in [1.807, 2.05) is 46.4 Å². The number of hydrogen-bond donors (Lipinski definition) is 3. The monoisotopic (exact) mass is 865 g/mol. The van der Waals surface area contributed by atoms with Crippen molar-refractivity contribution in [3.8, 4) is 5.75 Å². The first-order chi connectivity index (χ1) is 29.0. The number of fused-ring (bicyclic) bond motifs is 2. The molecule has 0 spiro atoms. The normalized spacial score (nSPS) is 20.1. The number of nitro benzene ring substituents is 1. The molecule has 5 amide bonds. The number of rotatable bonds is 4. The third kappa shape index (κ3) is 13.2. The molecule has 4 saturated heterocycles. The van der Waals surface area contributed by atoms with Crippen molar-refractivity contribution in [1.82, 2.24) is 39.6 Å². The summed E-state index contributed by atoms with van der Waals surface area (Å²) >= 11 is 0. The van der Waals surface area contributed by atoms with Crippen molar-refractivity contribution in [3.05, 3.63) is 58.9 Å². The fraction of sp³-hybridized carbons (Fsp3) is 0.550. The van der Waals surface area contributed by atoms with Crippen LogP contribution in [0.15, 0.2) is 48.8 Å². The van der Waals surface area contributed by atoms with Crippen LogP contribution in [-0.2, 0) is 19.1 Å². The van der Waals surface area contributed by atoms with Gasteiger partial charge in [-0.15, -0.1) is 10.2 Å². The van der Waals surface area contributed by atoms with Crippen molar-refractivity contribution in [2.45, 2.75) is 66.6 Å². The lowest BCUT2D eigenvalue weighted by molar-refractivity contribution is -0.384. The van der Waals surface area contributed by atoms with Crippen LogP contribution >= 0.6 is 0 Å². The Morgan fingerprint density at radius 1 is 0.645 bits per heavy atom. The van der Waals surface area contributed by atoms with Gasteiger partial charge in [0.05, 0.1) is 4.92 Å². The quantitative estimate of drug-likeness (QED) is 0.242. The molecule has 4 aliphatic rings. The molecular formula is C40H55N11O11.